The molecule has 2 nitrogen and oxygen atoms in total. The van der Waals surface area contributed by atoms with Gasteiger partial charge in [0.25, 0.3) is 0 Å². The molecule has 30 heavy (non-hydrogen) atoms. The van der Waals surface area contributed by atoms with Gasteiger partial charge in [-0.1, -0.05) is 93.6 Å². The predicted molar refractivity (Wildman–Crippen MR) is 131 cm³/mol. The second-order valence-electron chi connectivity index (χ2n) is 8.00. The Labute approximate surface area is 185 Å². The van der Waals surface area contributed by atoms with Gasteiger partial charge in [-0.3, -0.25) is 0 Å². The fraction of sp³-hybridized carbons (Fsp3) is 0.481. The number of allylic oxidation sites excluding steroid dienone is 1. The zero-order valence-corrected chi connectivity index (χ0v) is 20.2. The van der Waals surface area contributed by atoms with Crippen molar-refractivity contribution in [2.24, 2.45) is 0 Å². The molecule has 3 heteroatoms. The lowest BCUT2D eigenvalue weighted by atomic mass is 10.1. The quantitative estimate of drug-likeness (QED) is 0.163. The third-order valence-corrected chi connectivity index (χ3v) is 10.7. The summed E-state index contributed by atoms with van der Waals surface area (Å²) in [4.78, 5) is 0. The number of hydrogen-bond acceptors (Lipinski definition) is 2. The van der Waals surface area contributed by atoms with Gasteiger partial charge in [0.05, 0.1) is 12.7 Å². The van der Waals surface area contributed by atoms with E-state index in [0.717, 1.165) is 25.9 Å². The molecular weight excluding hydrogens is 384 g/mol. The summed E-state index contributed by atoms with van der Waals surface area (Å²) in [5.41, 5.74) is 2.55. The maximum Gasteiger partial charge on any atom is 0.192 e. The second-order valence-corrected chi connectivity index (χ2v) is 12.7. The Bertz CT molecular complexity index is 687. The summed E-state index contributed by atoms with van der Waals surface area (Å²) < 4.78 is 12.6. The molecule has 0 radical (unpaired) electrons. The highest BCUT2D eigenvalue weighted by atomic mass is 28.4. The molecule has 0 amide bonds. The minimum absolute atomic E-state index is 0.183. The van der Waals surface area contributed by atoms with Gasteiger partial charge >= 0.3 is 0 Å². The normalized spacial score (nSPS) is 13.0. The average Bonchev–Trinajstić information content (AvgIpc) is 2.81. The van der Waals surface area contributed by atoms with E-state index in [2.05, 4.69) is 87.5 Å². The number of benzene rings is 2. The minimum atomic E-state index is -1.63. The molecule has 0 aliphatic carbocycles. The summed E-state index contributed by atoms with van der Waals surface area (Å²) >= 11 is 0. The molecule has 2 aromatic carbocycles. The van der Waals surface area contributed by atoms with E-state index in [0.29, 0.717) is 6.61 Å². The van der Waals surface area contributed by atoms with Crippen LogP contribution in [0.15, 0.2) is 72.8 Å². The van der Waals surface area contributed by atoms with Gasteiger partial charge in [-0.25, -0.2) is 0 Å². The van der Waals surface area contributed by atoms with Gasteiger partial charge in [0.1, 0.15) is 0 Å². The minimum Gasteiger partial charge on any atom is -0.410 e. The summed E-state index contributed by atoms with van der Waals surface area (Å²) in [6, 6.07) is 24.7. The van der Waals surface area contributed by atoms with Gasteiger partial charge in [-0.15, -0.1) is 0 Å². The van der Waals surface area contributed by atoms with E-state index in [-0.39, 0.29) is 6.10 Å². The fourth-order valence-electron chi connectivity index (χ4n) is 3.79. The van der Waals surface area contributed by atoms with Crippen molar-refractivity contribution in [3.8, 4) is 0 Å². The standard InChI is InChI=1S/C27H40O2Si/c1-4-30(5-2,6-3)29-27(26-20-14-11-15-21-26)22-16-8-7-9-17-23-28-24-25-18-12-10-13-19-25/h8,10-16,18-21,27H,4-7,9,17,22-24H2,1-3H3/b16-8+. The number of ether oxygens (including phenoxy) is 1. The maximum absolute atomic E-state index is 6.84. The van der Waals surface area contributed by atoms with Crippen LogP contribution in [0.25, 0.3) is 0 Å². The van der Waals surface area contributed by atoms with Crippen molar-refractivity contribution in [1.29, 1.82) is 0 Å². The van der Waals surface area contributed by atoms with Crippen LogP contribution in [0.5, 0.6) is 0 Å². The van der Waals surface area contributed by atoms with Crippen molar-refractivity contribution < 1.29 is 9.16 Å². The molecule has 0 aliphatic heterocycles. The molecule has 2 rings (SSSR count). The van der Waals surface area contributed by atoms with Crippen molar-refractivity contribution >= 4 is 8.32 Å². The molecule has 1 atom stereocenters. The van der Waals surface area contributed by atoms with Crippen LogP contribution in [0, 0.1) is 0 Å². The summed E-state index contributed by atoms with van der Waals surface area (Å²) in [7, 11) is -1.63. The first-order valence-electron chi connectivity index (χ1n) is 11.7. The largest absolute Gasteiger partial charge is 0.410 e. The van der Waals surface area contributed by atoms with Gasteiger partial charge in [-0.05, 0) is 54.9 Å². The lowest BCUT2D eigenvalue weighted by molar-refractivity contribution is 0.117. The lowest BCUT2D eigenvalue weighted by Crippen LogP contribution is -2.37. The van der Waals surface area contributed by atoms with E-state index >= 15 is 0 Å². The predicted octanol–water partition coefficient (Wildman–Crippen LogP) is 8.08. The van der Waals surface area contributed by atoms with E-state index < -0.39 is 8.32 Å². The Morgan fingerprint density at radius 2 is 1.43 bits per heavy atom. The van der Waals surface area contributed by atoms with Crippen molar-refractivity contribution in [2.45, 2.75) is 77.3 Å². The van der Waals surface area contributed by atoms with Crippen LogP contribution < -0.4 is 0 Å². The van der Waals surface area contributed by atoms with Gasteiger partial charge in [0.2, 0.25) is 0 Å². The van der Waals surface area contributed by atoms with Crippen LogP contribution in [-0.4, -0.2) is 14.9 Å². The van der Waals surface area contributed by atoms with E-state index in [4.69, 9.17) is 9.16 Å². The molecule has 0 spiro atoms. The van der Waals surface area contributed by atoms with Crippen molar-refractivity contribution in [1.82, 2.24) is 0 Å². The van der Waals surface area contributed by atoms with Crippen molar-refractivity contribution in [3.63, 3.8) is 0 Å². The summed E-state index contributed by atoms with van der Waals surface area (Å²) in [5.74, 6) is 0. The van der Waals surface area contributed by atoms with Gasteiger partial charge in [-0.2, -0.15) is 0 Å². The Kier molecular flexibility index (Phi) is 11.8. The van der Waals surface area contributed by atoms with Gasteiger partial charge in [0.15, 0.2) is 8.32 Å². The van der Waals surface area contributed by atoms with E-state index in [1.165, 1.54) is 35.7 Å². The Morgan fingerprint density at radius 3 is 2.07 bits per heavy atom. The molecule has 1 unspecified atom stereocenters. The zero-order valence-electron chi connectivity index (χ0n) is 19.2. The van der Waals surface area contributed by atoms with Gasteiger partial charge < -0.3 is 9.16 Å². The highest BCUT2D eigenvalue weighted by Gasteiger charge is 2.32. The smallest absolute Gasteiger partial charge is 0.192 e. The summed E-state index contributed by atoms with van der Waals surface area (Å²) in [6.45, 7) is 8.45. The maximum atomic E-state index is 6.84. The number of rotatable bonds is 15. The van der Waals surface area contributed by atoms with Crippen LogP contribution in [0.1, 0.15) is 63.7 Å². The van der Waals surface area contributed by atoms with Crippen LogP contribution in [0.2, 0.25) is 18.1 Å². The summed E-state index contributed by atoms with van der Waals surface area (Å²) in [5, 5.41) is 0. The monoisotopic (exact) mass is 424 g/mol. The second kappa shape index (κ2) is 14.3. The van der Waals surface area contributed by atoms with Crippen LogP contribution in [0.4, 0.5) is 0 Å². The molecule has 0 aromatic heterocycles. The SMILES string of the molecule is CC[Si](CC)(CC)OC(C/C=C/CCCCOCc1ccccc1)c1ccccc1. The molecule has 0 fully saturated rings. The number of unbranched alkanes of at least 4 members (excludes halogenated alkanes) is 2. The van der Waals surface area contributed by atoms with Crippen molar-refractivity contribution in [3.05, 3.63) is 83.9 Å². The third-order valence-electron chi connectivity index (χ3n) is 6.03. The molecular formula is C27H40O2Si. The fourth-order valence-corrected chi connectivity index (χ4v) is 6.63. The average molecular weight is 425 g/mol. The lowest BCUT2D eigenvalue weighted by Gasteiger charge is -2.33. The van der Waals surface area contributed by atoms with Crippen LogP contribution in [0.3, 0.4) is 0 Å². The summed E-state index contributed by atoms with van der Waals surface area (Å²) in [6.07, 6.45) is 9.17. The molecule has 2 aromatic rings. The Hall–Kier alpha value is -1.68. The molecule has 0 saturated carbocycles. The van der Waals surface area contributed by atoms with Crippen LogP contribution >= 0.6 is 0 Å². The van der Waals surface area contributed by atoms with Crippen molar-refractivity contribution in [2.75, 3.05) is 6.61 Å². The highest BCUT2D eigenvalue weighted by molar-refractivity contribution is 6.73. The van der Waals surface area contributed by atoms with E-state index in [1.807, 2.05) is 6.07 Å². The Morgan fingerprint density at radius 1 is 0.800 bits per heavy atom. The highest BCUT2D eigenvalue weighted by Crippen LogP contribution is 2.32. The molecule has 0 heterocycles. The van der Waals surface area contributed by atoms with E-state index in [9.17, 15) is 0 Å². The Balaban J connectivity index is 1.74. The topological polar surface area (TPSA) is 18.5 Å². The zero-order chi connectivity index (χ0) is 21.5. The van der Waals surface area contributed by atoms with Gasteiger partial charge in [0, 0.05) is 6.61 Å². The third kappa shape index (κ3) is 8.59. The molecule has 164 valence electrons. The first-order chi connectivity index (χ1) is 14.7. The first-order valence-corrected chi connectivity index (χ1v) is 14.3. The first kappa shape index (κ1) is 24.6. The molecule has 0 bridgehead atoms. The van der Waals surface area contributed by atoms with Crippen LogP contribution in [-0.2, 0) is 15.8 Å². The van der Waals surface area contributed by atoms with E-state index in [1.54, 1.807) is 0 Å². The molecule has 0 N–H and O–H groups in total. The molecule has 0 aliphatic rings. The number of hydrogen-bond donors (Lipinski definition) is 0. The molecule has 0 saturated heterocycles.